The molecule has 12 rings (SSSR count). The molecule has 0 heterocycles. The van der Waals surface area contributed by atoms with Crippen molar-refractivity contribution < 1.29 is 62.8 Å². The van der Waals surface area contributed by atoms with E-state index in [9.17, 15) is 0 Å². The Morgan fingerprint density at radius 1 is 0.205 bits per heavy atom. The molecule has 0 aromatic heterocycles. The Balaban J connectivity index is 0.000000174. The van der Waals surface area contributed by atoms with Gasteiger partial charge in [-0.25, -0.2) is 0 Å². The topological polar surface area (TPSA) is 73.8 Å². The minimum absolute atomic E-state index is 0.633. The van der Waals surface area contributed by atoms with Crippen LogP contribution in [0.25, 0.3) is 43.1 Å². The molecule has 0 fully saturated rings. The molecule has 0 atom stereocenters. The first-order valence-corrected chi connectivity index (χ1v) is 30.9. The molecule has 0 aliphatic rings. The Labute approximate surface area is 465 Å². The Morgan fingerprint density at radius 2 is 0.410 bits per heavy atom. The van der Waals surface area contributed by atoms with Gasteiger partial charge in [0.1, 0.15) is 0 Å². The molecule has 0 saturated carbocycles. The summed E-state index contributed by atoms with van der Waals surface area (Å²) in [5, 5.41) is 7.97. The molecule has 0 unspecified atom stereocenters. The van der Waals surface area contributed by atoms with Crippen LogP contribution in [0.3, 0.4) is 0 Å². The molecule has 0 bridgehead atoms. The fraction of sp³-hybridized carbons (Fsp3) is 0.0588. The quantitative estimate of drug-likeness (QED) is 0.0886. The van der Waals surface area contributed by atoms with Crippen molar-refractivity contribution in [2.45, 2.75) is 27.7 Å². The summed E-state index contributed by atoms with van der Waals surface area (Å²) < 4.78 is 54.5. The van der Waals surface area contributed by atoms with Gasteiger partial charge in [-0.2, -0.15) is 0 Å². The summed E-state index contributed by atoms with van der Waals surface area (Å²) in [7, 11) is 0. The van der Waals surface area contributed by atoms with Gasteiger partial charge in [-0.1, -0.05) is 0 Å². The molecule has 0 radical (unpaired) electrons. The second-order valence-corrected chi connectivity index (χ2v) is 24.7. The molecule has 0 saturated heterocycles. The molecule has 12 aromatic carbocycles. The van der Waals surface area contributed by atoms with E-state index >= 15 is 0 Å². The molecule has 0 aliphatic heterocycles. The van der Waals surface area contributed by atoms with Crippen LogP contribution in [0.15, 0.2) is 267 Å². The van der Waals surface area contributed by atoms with Crippen molar-refractivity contribution in [3.05, 3.63) is 289 Å². The maximum absolute atomic E-state index is 7.09. The Bertz CT molecular complexity index is 3500. The molecular weight excluding hydrogens is 1040 g/mol. The first kappa shape index (κ1) is 51.6. The van der Waals surface area contributed by atoms with Crippen LogP contribution in [-0.4, -0.2) is 0 Å². The zero-order valence-corrected chi connectivity index (χ0v) is 46.8. The van der Waals surface area contributed by atoms with Gasteiger partial charge in [0.15, 0.2) is 0 Å². The fourth-order valence-corrected chi connectivity index (χ4v) is 15.4. The number of hydrogen-bond acceptors (Lipinski definition) is 8. The number of hydrogen-bond donors (Lipinski definition) is 0. The summed E-state index contributed by atoms with van der Waals surface area (Å²) in [4.78, 5) is 0. The molecule has 0 aliphatic carbocycles. The van der Waals surface area contributed by atoms with Gasteiger partial charge in [-0.15, -0.1) is 0 Å². The zero-order valence-electron chi connectivity index (χ0n) is 43.7. The van der Waals surface area contributed by atoms with Crippen molar-refractivity contribution in [1.82, 2.24) is 0 Å². The van der Waals surface area contributed by atoms with Crippen molar-refractivity contribution in [3.63, 3.8) is 0 Å². The number of rotatable bonds is 16. The number of fused-ring (bicyclic) bond motifs is 4. The van der Waals surface area contributed by atoms with E-state index in [0.29, 0.717) is 46.0 Å². The second kappa shape index (κ2) is 23.4. The van der Waals surface area contributed by atoms with E-state index in [0.717, 1.165) is 65.3 Å². The van der Waals surface area contributed by atoms with Crippen LogP contribution in [0.5, 0.6) is 46.0 Å². The third kappa shape index (κ3) is 12.3. The van der Waals surface area contributed by atoms with Crippen LogP contribution < -0.4 is 26.5 Å². The summed E-state index contributed by atoms with van der Waals surface area (Å²) in [6.07, 6.45) is 0. The Kier molecular flexibility index (Phi) is 15.5. The van der Waals surface area contributed by atoms with Gasteiger partial charge in [0.2, 0.25) is 0 Å². The van der Waals surface area contributed by atoms with Crippen LogP contribution in [0.1, 0.15) is 22.3 Å². The fourth-order valence-electron chi connectivity index (χ4n) is 9.22. The zero-order chi connectivity index (χ0) is 53.3. The first-order chi connectivity index (χ1) is 38.1. The van der Waals surface area contributed by atoms with Crippen molar-refractivity contribution in [2.75, 3.05) is 0 Å². The molecule has 0 N–H and O–H groups in total. The number of benzene rings is 12. The molecule has 12 aromatic rings. The molecule has 0 spiro atoms. The Morgan fingerprint density at radius 3 is 0.654 bits per heavy atom. The van der Waals surface area contributed by atoms with Gasteiger partial charge < -0.3 is 0 Å². The predicted octanol–water partition coefficient (Wildman–Crippen LogP) is 18.1. The van der Waals surface area contributed by atoms with Crippen molar-refractivity contribution in [2.24, 2.45) is 0 Å². The summed E-state index contributed by atoms with van der Waals surface area (Å²) in [5.74, 6) is 5.10. The van der Waals surface area contributed by atoms with E-state index in [1.165, 1.54) is 0 Å². The van der Waals surface area contributed by atoms with E-state index in [4.69, 9.17) is 26.5 Å². The van der Waals surface area contributed by atoms with Gasteiger partial charge >= 0.3 is 469 Å². The first-order valence-electron chi connectivity index (χ1n) is 25.8. The van der Waals surface area contributed by atoms with Gasteiger partial charge in [0.25, 0.3) is 0 Å². The standard InChI is InChI=1S/4C10H8O.4C7H8O.2Ti/c4*11-10-7-3-5-8-4-1-2-6-9(8)10;4*1-6-3-2-4-7(8)5-6;;/h4*1-7,11H;4*2-5,8H,1H3;;/q;;;;;;;;2*+4/p-8. The molecule has 384 valence electrons. The summed E-state index contributed by atoms with van der Waals surface area (Å²) in [6.45, 7) is 8.08. The number of aryl methyl sites for hydroxylation is 4. The minimum atomic E-state index is -4.97. The van der Waals surface area contributed by atoms with Crippen LogP contribution in [0.4, 0.5) is 0 Å². The van der Waals surface area contributed by atoms with Crippen molar-refractivity contribution in [3.8, 4) is 46.0 Å². The summed E-state index contributed by atoms with van der Waals surface area (Å²) in [6, 6.07) is 87.9. The average Bonchev–Trinajstić information content (AvgIpc) is 3.47. The van der Waals surface area contributed by atoms with Crippen LogP contribution >= 0.6 is 0 Å². The molecule has 0 amide bonds. The van der Waals surface area contributed by atoms with Gasteiger partial charge in [0, 0.05) is 0 Å². The summed E-state index contributed by atoms with van der Waals surface area (Å²) in [5.41, 5.74) is 4.30. The summed E-state index contributed by atoms with van der Waals surface area (Å²) >= 11 is -9.50. The monoisotopic (exact) mass is 1100 g/mol. The predicted molar refractivity (Wildman–Crippen MR) is 306 cm³/mol. The van der Waals surface area contributed by atoms with E-state index < -0.39 is 36.3 Å². The van der Waals surface area contributed by atoms with Gasteiger partial charge in [-0.05, 0) is 0 Å². The van der Waals surface area contributed by atoms with Crippen LogP contribution in [0, 0.1) is 27.7 Å². The maximum atomic E-state index is 7.09. The second-order valence-electron chi connectivity index (χ2n) is 19.0. The van der Waals surface area contributed by atoms with Crippen LogP contribution in [0.2, 0.25) is 0 Å². The van der Waals surface area contributed by atoms with E-state index in [1.807, 2.05) is 246 Å². The van der Waals surface area contributed by atoms with Crippen molar-refractivity contribution >= 4 is 43.1 Å². The van der Waals surface area contributed by atoms with E-state index in [2.05, 4.69) is 48.5 Å². The third-order valence-electron chi connectivity index (χ3n) is 12.9. The molecule has 78 heavy (non-hydrogen) atoms. The van der Waals surface area contributed by atoms with Crippen LogP contribution in [-0.2, 0) is 36.3 Å². The SMILES string of the molecule is Cc1cccc([O][Ti]([O]c2cccc(C)c2)([O]c2cccc(C)c2)[O]c2cccc(C)c2)c1.c1ccc2c([O][Ti]([O]c3cccc4ccccc34)([O]c3cccc4ccccc34)[O]c3cccc4ccccc34)cccc2c1. The van der Waals surface area contributed by atoms with E-state index in [1.54, 1.807) is 0 Å². The average molecular weight is 1100 g/mol. The molecule has 8 nitrogen and oxygen atoms in total. The Hall–Kier alpha value is -8.49. The molecular formula is C68H56O8Ti2. The van der Waals surface area contributed by atoms with Gasteiger partial charge in [0.05, 0.1) is 0 Å². The normalized spacial score (nSPS) is 11.3. The third-order valence-corrected chi connectivity index (χ3v) is 18.8. The van der Waals surface area contributed by atoms with E-state index in [-0.39, 0.29) is 0 Å². The van der Waals surface area contributed by atoms with Crippen molar-refractivity contribution in [1.29, 1.82) is 0 Å². The van der Waals surface area contributed by atoms with Gasteiger partial charge in [-0.3, -0.25) is 0 Å². The molecule has 10 heteroatoms.